The normalized spacial score (nSPS) is 23.3. The van der Waals surface area contributed by atoms with Crippen LogP contribution in [0, 0.1) is 23.7 Å². The number of hydrogen-bond donors (Lipinski definition) is 2. The van der Waals surface area contributed by atoms with Crippen molar-refractivity contribution in [1.29, 1.82) is 0 Å². The van der Waals surface area contributed by atoms with E-state index in [2.05, 4.69) is 51.0 Å². The number of hydrogen-bond acceptors (Lipinski definition) is 3. The highest BCUT2D eigenvalue weighted by Gasteiger charge is 2.32. The summed E-state index contributed by atoms with van der Waals surface area (Å²) < 4.78 is 5.33. The Hall–Kier alpha value is -1.81. The first-order valence-corrected chi connectivity index (χ1v) is 10.3. The SMILES string of the molecule is COc1ccc2nc(C[C@@H]3C[C@@H](C(C)C)[C@H](CNC(C)C)C=C3C)[nH]c2c1. The molecule has 2 N–H and O–H groups in total. The van der Waals surface area contributed by atoms with Crippen LogP contribution in [0.5, 0.6) is 5.75 Å². The van der Waals surface area contributed by atoms with Gasteiger partial charge in [0.15, 0.2) is 0 Å². The standard InChI is InChI=1S/C23H35N3O/c1-14(2)20-10-17(16(5)9-18(20)13-24-15(3)4)11-23-25-21-8-7-19(27-6)12-22(21)26-23/h7-9,12,14-15,17-18,20,24H,10-11,13H2,1-6H3,(H,25,26)/t17-,18-,20-/m0/s1. The van der Waals surface area contributed by atoms with Gasteiger partial charge >= 0.3 is 0 Å². The Morgan fingerprint density at radius 1 is 1.26 bits per heavy atom. The molecule has 0 bridgehead atoms. The first-order chi connectivity index (χ1) is 12.9. The van der Waals surface area contributed by atoms with Crippen LogP contribution in [-0.4, -0.2) is 29.7 Å². The fraction of sp³-hybridized carbons (Fsp3) is 0.609. The van der Waals surface area contributed by atoms with E-state index in [1.54, 1.807) is 7.11 Å². The molecule has 1 aliphatic rings. The first-order valence-electron chi connectivity index (χ1n) is 10.3. The van der Waals surface area contributed by atoms with E-state index in [1.165, 1.54) is 12.0 Å². The summed E-state index contributed by atoms with van der Waals surface area (Å²) in [5, 5.41) is 3.64. The lowest BCUT2D eigenvalue weighted by Crippen LogP contribution is -2.37. The van der Waals surface area contributed by atoms with E-state index in [4.69, 9.17) is 9.72 Å². The number of nitrogens with zero attached hydrogens (tertiary/aromatic N) is 1. The van der Waals surface area contributed by atoms with Crippen molar-refractivity contribution in [3.8, 4) is 5.75 Å². The molecule has 3 rings (SSSR count). The minimum Gasteiger partial charge on any atom is -0.497 e. The summed E-state index contributed by atoms with van der Waals surface area (Å²) >= 11 is 0. The number of H-pyrrole nitrogens is 1. The largest absolute Gasteiger partial charge is 0.497 e. The van der Waals surface area contributed by atoms with E-state index in [0.29, 0.717) is 23.8 Å². The van der Waals surface area contributed by atoms with Crippen LogP contribution in [0.4, 0.5) is 0 Å². The number of ether oxygens (including phenoxy) is 1. The Balaban J connectivity index is 1.77. The Bertz CT molecular complexity index is 790. The van der Waals surface area contributed by atoms with Gasteiger partial charge in [0.25, 0.3) is 0 Å². The quantitative estimate of drug-likeness (QED) is 0.678. The summed E-state index contributed by atoms with van der Waals surface area (Å²) in [7, 11) is 1.70. The predicted molar refractivity (Wildman–Crippen MR) is 113 cm³/mol. The van der Waals surface area contributed by atoms with Crippen LogP contribution in [0.25, 0.3) is 11.0 Å². The Kier molecular flexibility index (Phi) is 6.25. The second kappa shape index (κ2) is 8.47. The zero-order valence-electron chi connectivity index (χ0n) is 17.7. The zero-order valence-corrected chi connectivity index (χ0v) is 17.7. The maximum absolute atomic E-state index is 5.33. The predicted octanol–water partition coefficient (Wildman–Crippen LogP) is 4.97. The summed E-state index contributed by atoms with van der Waals surface area (Å²) in [6.07, 6.45) is 4.75. The van der Waals surface area contributed by atoms with Gasteiger partial charge in [-0.2, -0.15) is 0 Å². The van der Waals surface area contributed by atoms with Gasteiger partial charge in [-0.25, -0.2) is 4.98 Å². The number of aromatic amines is 1. The van der Waals surface area contributed by atoms with Crippen molar-refractivity contribution in [1.82, 2.24) is 15.3 Å². The summed E-state index contributed by atoms with van der Waals surface area (Å²) in [6.45, 7) is 12.6. The molecule has 1 aliphatic carbocycles. The highest BCUT2D eigenvalue weighted by atomic mass is 16.5. The summed E-state index contributed by atoms with van der Waals surface area (Å²) in [4.78, 5) is 8.32. The van der Waals surface area contributed by atoms with Crippen molar-refractivity contribution >= 4 is 11.0 Å². The topological polar surface area (TPSA) is 49.9 Å². The molecule has 4 heteroatoms. The van der Waals surface area contributed by atoms with Crippen molar-refractivity contribution in [2.24, 2.45) is 23.7 Å². The number of benzene rings is 1. The van der Waals surface area contributed by atoms with Gasteiger partial charge in [-0.15, -0.1) is 0 Å². The average Bonchev–Trinajstić information content (AvgIpc) is 3.02. The Morgan fingerprint density at radius 2 is 2.04 bits per heavy atom. The number of rotatable bonds is 7. The third-order valence-electron chi connectivity index (χ3n) is 6.02. The molecule has 1 aromatic carbocycles. The third-order valence-corrected chi connectivity index (χ3v) is 6.02. The van der Waals surface area contributed by atoms with Crippen molar-refractivity contribution < 1.29 is 4.74 Å². The van der Waals surface area contributed by atoms with E-state index in [9.17, 15) is 0 Å². The number of fused-ring (bicyclic) bond motifs is 1. The fourth-order valence-electron chi connectivity index (χ4n) is 4.38. The lowest BCUT2D eigenvalue weighted by atomic mass is 9.69. The van der Waals surface area contributed by atoms with E-state index >= 15 is 0 Å². The smallest absolute Gasteiger partial charge is 0.121 e. The molecule has 0 aliphatic heterocycles. The van der Waals surface area contributed by atoms with E-state index in [1.807, 2.05) is 18.2 Å². The maximum Gasteiger partial charge on any atom is 0.121 e. The third kappa shape index (κ3) is 4.73. The number of methoxy groups -OCH3 is 1. The highest BCUT2D eigenvalue weighted by Crippen LogP contribution is 2.38. The average molecular weight is 370 g/mol. The lowest BCUT2D eigenvalue weighted by Gasteiger charge is -2.37. The molecule has 0 radical (unpaired) electrons. The van der Waals surface area contributed by atoms with Crippen LogP contribution in [0.15, 0.2) is 29.8 Å². The highest BCUT2D eigenvalue weighted by molar-refractivity contribution is 5.76. The minimum absolute atomic E-state index is 0.539. The second-order valence-electron chi connectivity index (χ2n) is 8.75. The van der Waals surface area contributed by atoms with Gasteiger partial charge < -0.3 is 15.0 Å². The summed E-state index contributed by atoms with van der Waals surface area (Å²) in [6, 6.07) is 6.57. The molecule has 0 spiro atoms. The van der Waals surface area contributed by atoms with E-state index < -0.39 is 0 Å². The van der Waals surface area contributed by atoms with E-state index in [0.717, 1.165) is 41.5 Å². The molecule has 0 unspecified atom stereocenters. The van der Waals surface area contributed by atoms with Crippen LogP contribution >= 0.6 is 0 Å². The molecule has 4 nitrogen and oxygen atoms in total. The Morgan fingerprint density at radius 3 is 2.70 bits per heavy atom. The van der Waals surface area contributed by atoms with Crippen LogP contribution < -0.4 is 10.1 Å². The molecule has 0 fully saturated rings. The van der Waals surface area contributed by atoms with Gasteiger partial charge in [0.05, 0.1) is 18.1 Å². The van der Waals surface area contributed by atoms with Gasteiger partial charge in [0.1, 0.15) is 11.6 Å². The fourth-order valence-corrected chi connectivity index (χ4v) is 4.38. The van der Waals surface area contributed by atoms with Crippen molar-refractivity contribution in [2.75, 3.05) is 13.7 Å². The number of aromatic nitrogens is 2. The molecule has 2 aromatic rings. The molecule has 0 amide bonds. The van der Waals surface area contributed by atoms with Gasteiger partial charge in [-0.1, -0.05) is 39.3 Å². The molecule has 0 saturated heterocycles. The second-order valence-corrected chi connectivity index (χ2v) is 8.75. The molecular weight excluding hydrogens is 334 g/mol. The minimum atomic E-state index is 0.539. The molecule has 3 atom stereocenters. The maximum atomic E-state index is 5.33. The van der Waals surface area contributed by atoms with Gasteiger partial charge in [-0.05, 0) is 49.1 Å². The summed E-state index contributed by atoms with van der Waals surface area (Å²) in [5.41, 5.74) is 3.59. The van der Waals surface area contributed by atoms with Crippen LogP contribution in [0.2, 0.25) is 0 Å². The monoisotopic (exact) mass is 369 g/mol. The van der Waals surface area contributed by atoms with Crippen LogP contribution in [-0.2, 0) is 6.42 Å². The van der Waals surface area contributed by atoms with Gasteiger partial charge in [-0.3, -0.25) is 0 Å². The zero-order chi connectivity index (χ0) is 19.6. The summed E-state index contributed by atoms with van der Waals surface area (Å²) in [5.74, 6) is 4.55. The number of allylic oxidation sites excluding steroid dienone is 1. The molecule has 1 aromatic heterocycles. The lowest BCUT2D eigenvalue weighted by molar-refractivity contribution is 0.219. The molecule has 0 saturated carbocycles. The molecular formula is C23H35N3O. The van der Waals surface area contributed by atoms with Gasteiger partial charge in [0, 0.05) is 25.1 Å². The van der Waals surface area contributed by atoms with E-state index in [-0.39, 0.29) is 0 Å². The molecule has 1 heterocycles. The van der Waals surface area contributed by atoms with Crippen molar-refractivity contribution in [3.05, 3.63) is 35.7 Å². The first kappa shape index (κ1) is 19.9. The van der Waals surface area contributed by atoms with Crippen molar-refractivity contribution in [2.45, 2.75) is 53.5 Å². The number of nitrogens with one attached hydrogen (secondary N) is 2. The van der Waals surface area contributed by atoms with Gasteiger partial charge in [0.2, 0.25) is 0 Å². The molecule has 27 heavy (non-hydrogen) atoms. The number of imidazole rings is 1. The van der Waals surface area contributed by atoms with Crippen molar-refractivity contribution in [3.63, 3.8) is 0 Å². The Labute approximate surface area is 163 Å². The molecule has 148 valence electrons. The van der Waals surface area contributed by atoms with Crippen LogP contribution in [0.1, 0.15) is 46.9 Å². The van der Waals surface area contributed by atoms with Crippen LogP contribution in [0.3, 0.4) is 0 Å².